The highest BCUT2D eigenvalue weighted by atomic mass is 32.1. The van der Waals surface area contributed by atoms with Crippen LogP contribution >= 0.6 is 11.3 Å². The predicted octanol–water partition coefficient (Wildman–Crippen LogP) is 4.76. The highest BCUT2D eigenvalue weighted by Gasteiger charge is 2.28. The van der Waals surface area contributed by atoms with Gasteiger partial charge in [0.2, 0.25) is 0 Å². The van der Waals surface area contributed by atoms with Crippen LogP contribution in [0.2, 0.25) is 0 Å². The number of rotatable bonds is 6. The number of hydrogen-bond donors (Lipinski definition) is 0. The van der Waals surface area contributed by atoms with Crippen LogP contribution in [-0.2, 0) is 4.74 Å². The fourth-order valence-corrected chi connectivity index (χ4v) is 4.99. The van der Waals surface area contributed by atoms with Gasteiger partial charge < -0.3 is 14.2 Å². The van der Waals surface area contributed by atoms with E-state index in [1.165, 1.54) is 5.56 Å². The van der Waals surface area contributed by atoms with E-state index in [0.29, 0.717) is 28.7 Å². The van der Waals surface area contributed by atoms with Crippen LogP contribution in [0, 0.1) is 13.8 Å². The van der Waals surface area contributed by atoms with Crippen molar-refractivity contribution < 1.29 is 19.0 Å². The molecule has 30 heavy (non-hydrogen) atoms. The lowest BCUT2D eigenvalue weighted by Crippen LogP contribution is -2.37. The maximum Gasteiger partial charge on any atom is 0.260 e. The first-order valence-corrected chi connectivity index (χ1v) is 10.8. The van der Waals surface area contributed by atoms with Crippen molar-refractivity contribution in [2.45, 2.75) is 32.8 Å². The first-order chi connectivity index (χ1) is 14.5. The highest BCUT2D eigenvalue weighted by Crippen LogP contribution is 2.34. The van der Waals surface area contributed by atoms with Gasteiger partial charge in [-0.2, -0.15) is 0 Å². The lowest BCUT2D eigenvalue weighted by atomic mass is 10.1. The van der Waals surface area contributed by atoms with Crippen LogP contribution in [0.5, 0.6) is 11.5 Å². The van der Waals surface area contributed by atoms with Gasteiger partial charge in [-0.1, -0.05) is 17.4 Å². The molecule has 0 radical (unpaired) electrons. The summed E-state index contributed by atoms with van der Waals surface area (Å²) in [6.07, 6.45) is 1.98. The fraction of sp³-hybridized carbons (Fsp3) is 0.391. The van der Waals surface area contributed by atoms with E-state index in [9.17, 15) is 4.79 Å². The number of aromatic nitrogens is 1. The van der Waals surface area contributed by atoms with Crippen molar-refractivity contribution in [3.05, 3.63) is 47.0 Å². The molecule has 1 aliphatic heterocycles. The van der Waals surface area contributed by atoms with E-state index >= 15 is 0 Å². The Labute approximate surface area is 180 Å². The predicted molar refractivity (Wildman–Crippen MR) is 119 cm³/mol. The van der Waals surface area contributed by atoms with Crippen LogP contribution in [0.3, 0.4) is 0 Å². The molecule has 0 N–H and O–H groups in total. The molecular formula is C23H26N2O4S. The molecule has 0 bridgehead atoms. The van der Waals surface area contributed by atoms with Gasteiger partial charge in [-0.05, 0) is 62.1 Å². The Balaban J connectivity index is 1.74. The van der Waals surface area contributed by atoms with Crippen molar-refractivity contribution in [3.8, 4) is 11.5 Å². The molecule has 4 rings (SSSR count). The molecule has 158 valence electrons. The first kappa shape index (κ1) is 20.6. The number of aryl methyl sites for hydroxylation is 2. The Hall–Kier alpha value is -2.64. The summed E-state index contributed by atoms with van der Waals surface area (Å²) < 4.78 is 17.6. The van der Waals surface area contributed by atoms with Gasteiger partial charge in [-0.25, -0.2) is 4.98 Å². The summed E-state index contributed by atoms with van der Waals surface area (Å²) in [4.78, 5) is 20.1. The second-order valence-corrected chi connectivity index (χ2v) is 8.55. The van der Waals surface area contributed by atoms with Crippen molar-refractivity contribution in [1.29, 1.82) is 0 Å². The zero-order valence-electron chi connectivity index (χ0n) is 17.7. The van der Waals surface area contributed by atoms with Gasteiger partial charge in [0.15, 0.2) is 16.6 Å². The molecule has 1 aliphatic rings. The number of methoxy groups -OCH3 is 2. The number of benzene rings is 2. The normalized spacial score (nSPS) is 16.1. The third kappa shape index (κ3) is 4.00. The molecule has 0 aliphatic carbocycles. The van der Waals surface area contributed by atoms with E-state index in [2.05, 4.69) is 26.0 Å². The Kier molecular flexibility index (Phi) is 5.92. The minimum absolute atomic E-state index is 0.0175. The minimum Gasteiger partial charge on any atom is -0.493 e. The maximum absolute atomic E-state index is 13.6. The number of fused-ring (bicyclic) bond motifs is 1. The molecular weight excluding hydrogens is 400 g/mol. The van der Waals surface area contributed by atoms with E-state index in [4.69, 9.17) is 19.2 Å². The molecule has 1 unspecified atom stereocenters. The van der Waals surface area contributed by atoms with Gasteiger partial charge in [-0.15, -0.1) is 0 Å². The quantitative estimate of drug-likeness (QED) is 0.569. The van der Waals surface area contributed by atoms with Gasteiger partial charge >= 0.3 is 0 Å². The van der Waals surface area contributed by atoms with E-state index in [1.54, 1.807) is 48.7 Å². The number of hydrogen-bond acceptors (Lipinski definition) is 6. The van der Waals surface area contributed by atoms with Crippen molar-refractivity contribution in [3.63, 3.8) is 0 Å². The summed E-state index contributed by atoms with van der Waals surface area (Å²) in [6, 6.07) is 9.46. The van der Waals surface area contributed by atoms with Crippen LogP contribution in [-0.4, -0.2) is 44.4 Å². The standard InChI is InChI=1S/C23H26N2O4S/c1-14-10-15(2)21-20(11-14)30-23(24-21)25(13-17-6-5-9-29-17)22(26)16-7-8-18(27-3)19(12-16)28-4/h7-8,10-12,17H,5-6,9,13H2,1-4H3. The van der Waals surface area contributed by atoms with Gasteiger partial charge in [-0.3, -0.25) is 9.69 Å². The van der Waals surface area contributed by atoms with Crippen LogP contribution in [0.4, 0.5) is 5.13 Å². The Bertz CT molecular complexity index is 1070. The molecule has 3 aromatic rings. The summed E-state index contributed by atoms with van der Waals surface area (Å²) in [5, 5.41) is 0.689. The summed E-state index contributed by atoms with van der Waals surface area (Å²) in [6.45, 7) is 5.34. The second kappa shape index (κ2) is 8.62. The van der Waals surface area contributed by atoms with Gasteiger partial charge in [0.05, 0.1) is 37.1 Å². The molecule has 1 amide bonds. The minimum atomic E-state index is -0.125. The summed E-state index contributed by atoms with van der Waals surface area (Å²) in [5.74, 6) is 0.988. The number of carbonyl (C=O) groups is 1. The Morgan fingerprint density at radius 1 is 1.20 bits per heavy atom. The van der Waals surface area contributed by atoms with Crippen LogP contribution in [0.15, 0.2) is 30.3 Å². The molecule has 1 atom stereocenters. The second-order valence-electron chi connectivity index (χ2n) is 7.55. The monoisotopic (exact) mass is 426 g/mol. The maximum atomic E-state index is 13.6. The molecule has 0 spiro atoms. The number of carbonyl (C=O) groups excluding carboxylic acids is 1. The van der Waals surface area contributed by atoms with Crippen molar-refractivity contribution in [2.24, 2.45) is 0 Å². The summed E-state index contributed by atoms with van der Waals surface area (Å²) >= 11 is 1.54. The molecule has 7 heteroatoms. The van der Waals surface area contributed by atoms with E-state index in [0.717, 1.165) is 35.2 Å². The molecule has 1 fully saturated rings. The molecule has 1 saturated heterocycles. The fourth-order valence-electron chi connectivity index (χ4n) is 3.84. The smallest absolute Gasteiger partial charge is 0.260 e. The third-order valence-electron chi connectivity index (χ3n) is 5.34. The lowest BCUT2D eigenvalue weighted by molar-refractivity contribution is 0.0917. The highest BCUT2D eigenvalue weighted by molar-refractivity contribution is 7.22. The van der Waals surface area contributed by atoms with Crippen LogP contribution in [0.25, 0.3) is 10.2 Å². The summed E-state index contributed by atoms with van der Waals surface area (Å²) in [5.41, 5.74) is 3.77. The number of anilines is 1. The molecule has 2 aromatic carbocycles. The number of nitrogens with zero attached hydrogens (tertiary/aromatic N) is 2. The average Bonchev–Trinajstić information content (AvgIpc) is 3.40. The van der Waals surface area contributed by atoms with Gasteiger partial charge in [0.1, 0.15) is 0 Å². The van der Waals surface area contributed by atoms with Crippen molar-refractivity contribution >= 4 is 32.6 Å². The largest absolute Gasteiger partial charge is 0.493 e. The number of ether oxygens (including phenoxy) is 3. The van der Waals surface area contributed by atoms with E-state index < -0.39 is 0 Å². The van der Waals surface area contributed by atoms with E-state index in [1.807, 2.05) is 0 Å². The van der Waals surface area contributed by atoms with Gasteiger partial charge in [0, 0.05) is 12.2 Å². The molecule has 6 nitrogen and oxygen atoms in total. The van der Waals surface area contributed by atoms with Gasteiger partial charge in [0.25, 0.3) is 5.91 Å². The zero-order valence-corrected chi connectivity index (χ0v) is 18.5. The average molecular weight is 427 g/mol. The zero-order chi connectivity index (χ0) is 21.3. The van der Waals surface area contributed by atoms with Crippen molar-refractivity contribution in [2.75, 3.05) is 32.3 Å². The van der Waals surface area contributed by atoms with Crippen LogP contribution < -0.4 is 14.4 Å². The van der Waals surface area contributed by atoms with Crippen molar-refractivity contribution in [1.82, 2.24) is 4.98 Å². The first-order valence-electron chi connectivity index (χ1n) is 10.0. The molecule has 2 heterocycles. The third-order valence-corrected chi connectivity index (χ3v) is 6.36. The number of amides is 1. The number of thiazole rings is 1. The SMILES string of the molecule is COc1ccc(C(=O)N(CC2CCCO2)c2nc3c(C)cc(C)cc3s2)cc1OC. The topological polar surface area (TPSA) is 60.9 Å². The molecule has 0 saturated carbocycles. The lowest BCUT2D eigenvalue weighted by Gasteiger charge is -2.23. The molecule has 1 aromatic heterocycles. The van der Waals surface area contributed by atoms with Crippen LogP contribution in [0.1, 0.15) is 34.3 Å². The Morgan fingerprint density at radius 2 is 2.00 bits per heavy atom. The Morgan fingerprint density at radius 3 is 2.70 bits per heavy atom. The van der Waals surface area contributed by atoms with E-state index in [-0.39, 0.29) is 12.0 Å². The summed E-state index contributed by atoms with van der Waals surface area (Å²) in [7, 11) is 3.14.